The van der Waals surface area contributed by atoms with Gasteiger partial charge in [-0.15, -0.1) is 0 Å². The minimum Gasteiger partial charge on any atom is -0.313 e. The molecule has 1 aliphatic heterocycles. The Kier molecular flexibility index (Phi) is 4.13. The van der Waals surface area contributed by atoms with Crippen molar-refractivity contribution >= 4 is 10.8 Å². The van der Waals surface area contributed by atoms with Crippen LogP contribution in [-0.4, -0.2) is 22.5 Å². The summed E-state index contributed by atoms with van der Waals surface area (Å²) in [5.74, 6) is 0.753. The van der Waals surface area contributed by atoms with E-state index in [2.05, 4.69) is 12.2 Å². The first-order valence-electron chi connectivity index (χ1n) is 5.94. The van der Waals surface area contributed by atoms with Crippen molar-refractivity contribution in [2.75, 3.05) is 12.3 Å². The fraction of sp³-hybridized carbons (Fsp3) is 0.538. The number of nitrogens with one attached hydrogen (secondary N) is 1. The quantitative estimate of drug-likeness (QED) is 0.873. The summed E-state index contributed by atoms with van der Waals surface area (Å²) in [4.78, 5) is 0.956. The molecule has 1 saturated heterocycles. The maximum atomic E-state index is 12.1. The summed E-state index contributed by atoms with van der Waals surface area (Å²) < 4.78 is 12.1. The molecule has 1 heterocycles. The molecule has 1 unspecified atom stereocenters. The Hall–Kier alpha value is -0.670. The topological polar surface area (TPSA) is 29.1 Å². The van der Waals surface area contributed by atoms with Gasteiger partial charge >= 0.3 is 0 Å². The summed E-state index contributed by atoms with van der Waals surface area (Å²) >= 11 is 0. The highest BCUT2D eigenvalue weighted by atomic mass is 32.2. The van der Waals surface area contributed by atoms with Crippen molar-refractivity contribution in [3.8, 4) is 0 Å². The van der Waals surface area contributed by atoms with E-state index in [1.807, 2.05) is 24.3 Å². The molecular weight excluding hydrogens is 218 g/mol. The maximum absolute atomic E-state index is 12.1. The highest BCUT2D eigenvalue weighted by Gasteiger charge is 2.16. The van der Waals surface area contributed by atoms with Crippen LogP contribution in [0, 0.1) is 6.92 Å². The summed E-state index contributed by atoms with van der Waals surface area (Å²) in [6.45, 7) is 3.13. The van der Waals surface area contributed by atoms with Gasteiger partial charge in [-0.05, 0) is 38.4 Å². The summed E-state index contributed by atoms with van der Waals surface area (Å²) in [5, 5.41) is 3.44. The molecule has 1 fully saturated rings. The maximum Gasteiger partial charge on any atom is 0.0545 e. The van der Waals surface area contributed by atoms with E-state index in [4.69, 9.17) is 0 Å². The molecule has 0 radical (unpaired) electrons. The van der Waals surface area contributed by atoms with Crippen LogP contribution < -0.4 is 5.32 Å². The number of rotatable bonds is 3. The molecule has 0 aromatic heterocycles. The molecule has 88 valence electrons. The Balaban J connectivity index is 1.94. The van der Waals surface area contributed by atoms with Gasteiger partial charge in [0.05, 0.1) is 10.8 Å². The van der Waals surface area contributed by atoms with Crippen LogP contribution in [0.25, 0.3) is 0 Å². The molecule has 16 heavy (non-hydrogen) atoms. The average Bonchev–Trinajstić information content (AvgIpc) is 2.31. The van der Waals surface area contributed by atoms with E-state index in [9.17, 15) is 4.21 Å². The average molecular weight is 237 g/mol. The number of hydrogen-bond acceptors (Lipinski definition) is 2. The normalized spacial score (nSPS) is 22.9. The lowest BCUT2D eigenvalue weighted by molar-refractivity contribution is 0.427. The fourth-order valence-corrected chi connectivity index (χ4v) is 3.32. The lowest BCUT2D eigenvalue weighted by Crippen LogP contribution is -2.38. The zero-order chi connectivity index (χ0) is 11.4. The summed E-state index contributed by atoms with van der Waals surface area (Å²) in [6.07, 6.45) is 3.69. The molecule has 0 bridgehead atoms. The van der Waals surface area contributed by atoms with Crippen molar-refractivity contribution < 1.29 is 4.21 Å². The standard InChI is InChI=1S/C13H19NOS/c1-11-5-7-13(8-6-11)16(15)10-12-4-2-3-9-14-12/h5-8,12,14H,2-4,9-10H2,1H3/t12-,16?/m1/s1. The summed E-state index contributed by atoms with van der Waals surface area (Å²) in [7, 11) is -0.852. The van der Waals surface area contributed by atoms with Crippen LogP contribution >= 0.6 is 0 Å². The predicted octanol–water partition coefficient (Wildman–Crippen LogP) is 2.24. The van der Waals surface area contributed by atoms with Crippen LogP contribution in [0.4, 0.5) is 0 Å². The Morgan fingerprint density at radius 2 is 2.06 bits per heavy atom. The number of piperidine rings is 1. The molecular formula is C13H19NOS. The first kappa shape index (κ1) is 11.8. The van der Waals surface area contributed by atoms with Gasteiger partial charge in [-0.1, -0.05) is 24.1 Å². The van der Waals surface area contributed by atoms with E-state index in [0.29, 0.717) is 6.04 Å². The van der Waals surface area contributed by atoms with Gasteiger partial charge in [-0.25, -0.2) is 0 Å². The van der Waals surface area contributed by atoms with Crippen molar-refractivity contribution in [2.24, 2.45) is 0 Å². The lowest BCUT2D eigenvalue weighted by Gasteiger charge is -2.22. The van der Waals surface area contributed by atoms with Gasteiger partial charge in [-0.2, -0.15) is 0 Å². The van der Waals surface area contributed by atoms with Crippen molar-refractivity contribution in [3.05, 3.63) is 29.8 Å². The van der Waals surface area contributed by atoms with Crippen LogP contribution in [-0.2, 0) is 10.8 Å². The van der Waals surface area contributed by atoms with Gasteiger partial charge < -0.3 is 5.32 Å². The van der Waals surface area contributed by atoms with Crippen molar-refractivity contribution in [3.63, 3.8) is 0 Å². The van der Waals surface area contributed by atoms with Crippen LogP contribution in [0.2, 0.25) is 0 Å². The number of aryl methyl sites for hydroxylation is 1. The number of benzene rings is 1. The van der Waals surface area contributed by atoms with Crippen molar-refractivity contribution in [1.29, 1.82) is 0 Å². The van der Waals surface area contributed by atoms with E-state index in [-0.39, 0.29) is 0 Å². The van der Waals surface area contributed by atoms with E-state index < -0.39 is 10.8 Å². The third-order valence-electron chi connectivity index (χ3n) is 3.05. The molecule has 0 aliphatic carbocycles. The second-order valence-electron chi connectivity index (χ2n) is 4.47. The van der Waals surface area contributed by atoms with Crippen LogP contribution in [0.5, 0.6) is 0 Å². The third kappa shape index (κ3) is 3.16. The molecule has 1 aliphatic rings. The first-order valence-corrected chi connectivity index (χ1v) is 7.26. The van der Waals surface area contributed by atoms with Crippen LogP contribution in [0.1, 0.15) is 24.8 Å². The molecule has 2 nitrogen and oxygen atoms in total. The molecule has 0 saturated carbocycles. The highest BCUT2D eigenvalue weighted by molar-refractivity contribution is 7.85. The molecule has 2 rings (SSSR count). The van der Waals surface area contributed by atoms with Gasteiger partial charge in [0.25, 0.3) is 0 Å². The van der Waals surface area contributed by atoms with Gasteiger partial charge in [0.2, 0.25) is 0 Å². The van der Waals surface area contributed by atoms with Gasteiger partial charge in [0.15, 0.2) is 0 Å². The van der Waals surface area contributed by atoms with Gasteiger partial charge in [0, 0.05) is 16.7 Å². The van der Waals surface area contributed by atoms with E-state index in [1.54, 1.807) is 0 Å². The highest BCUT2D eigenvalue weighted by Crippen LogP contribution is 2.13. The molecule has 0 spiro atoms. The summed E-state index contributed by atoms with van der Waals surface area (Å²) in [5.41, 5.74) is 1.22. The second kappa shape index (κ2) is 5.60. The van der Waals surface area contributed by atoms with Crippen molar-refractivity contribution in [2.45, 2.75) is 37.1 Å². The van der Waals surface area contributed by atoms with E-state index in [0.717, 1.165) is 23.6 Å². The molecule has 3 heteroatoms. The Bertz CT molecular complexity index is 355. The number of hydrogen-bond donors (Lipinski definition) is 1. The predicted molar refractivity (Wildman–Crippen MR) is 68.1 cm³/mol. The minimum absolute atomic E-state index is 0.441. The van der Waals surface area contributed by atoms with E-state index >= 15 is 0 Å². The SMILES string of the molecule is Cc1ccc(S(=O)C[C@H]2CCCCN2)cc1. The van der Waals surface area contributed by atoms with Crippen molar-refractivity contribution in [1.82, 2.24) is 5.32 Å². The Morgan fingerprint density at radius 1 is 1.31 bits per heavy atom. The monoisotopic (exact) mass is 237 g/mol. The lowest BCUT2D eigenvalue weighted by atomic mass is 10.1. The summed E-state index contributed by atoms with van der Waals surface area (Å²) in [6, 6.07) is 8.46. The first-order chi connectivity index (χ1) is 7.75. The molecule has 1 aromatic carbocycles. The molecule has 2 atom stereocenters. The Labute approximate surface area is 99.9 Å². The largest absolute Gasteiger partial charge is 0.313 e. The van der Waals surface area contributed by atoms with Crippen LogP contribution in [0.3, 0.4) is 0 Å². The van der Waals surface area contributed by atoms with Crippen LogP contribution in [0.15, 0.2) is 29.2 Å². The fourth-order valence-electron chi connectivity index (χ4n) is 2.04. The zero-order valence-corrected chi connectivity index (χ0v) is 10.6. The molecule has 0 amide bonds. The minimum atomic E-state index is -0.852. The molecule has 1 aromatic rings. The van der Waals surface area contributed by atoms with Gasteiger partial charge in [-0.3, -0.25) is 4.21 Å². The Morgan fingerprint density at radius 3 is 2.69 bits per heavy atom. The van der Waals surface area contributed by atoms with Gasteiger partial charge in [0.1, 0.15) is 0 Å². The third-order valence-corrected chi connectivity index (χ3v) is 4.55. The van der Waals surface area contributed by atoms with E-state index in [1.165, 1.54) is 18.4 Å². The second-order valence-corrected chi connectivity index (χ2v) is 5.97. The zero-order valence-electron chi connectivity index (χ0n) is 9.74. The smallest absolute Gasteiger partial charge is 0.0545 e. The molecule has 1 N–H and O–H groups in total.